The van der Waals surface area contributed by atoms with Gasteiger partial charge in [-0.05, 0) is 92.2 Å². The maximum absolute atomic E-state index is 13.6. The molecule has 1 aliphatic heterocycles. The number of halogens is 2. The predicted octanol–water partition coefficient (Wildman–Crippen LogP) is 6.18. The van der Waals surface area contributed by atoms with Crippen LogP contribution >= 0.6 is 11.6 Å². The number of nitrogens with one attached hydrogen (secondary N) is 2. The van der Waals surface area contributed by atoms with E-state index in [1.807, 2.05) is 19.1 Å². The summed E-state index contributed by atoms with van der Waals surface area (Å²) >= 11 is 6.05. The van der Waals surface area contributed by atoms with Crippen molar-refractivity contribution in [1.29, 1.82) is 0 Å². The van der Waals surface area contributed by atoms with Gasteiger partial charge in [0.25, 0.3) is 5.91 Å². The molecule has 1 amide bonds. The van der Waals surface area contributed by atoms with Gasteiger partial charge in [0, 0.05) is 35.2 Å². The summed E-state index contributed by atoms with van der Waals surface area (Å²) in [5.74, 6) is 1.04. The van der Waals surface area contributed by atoms with Crippen LogP contribution in [0.4, 0.5) is 4.39 Å². The van der Waals surface area contributed by atoms with E-state index in [4.69, 9.17) is 21.1 Å². The Bertz CT molecular complexity index is 1690. The molecule has 3 aromatic carbocycles. The Hall–Kier alpha value is -3.88. The van der Waals surface area contributed by atoms with E-state index in [1.54, 1.807) is 37.4 Å². The highest BCUT2D eigenvalue weighted by Gasteiger charge is 2.44. The Kier molecular flexibility index (Phi) is 7.92. The number of benzene rings is 3. The average molecular weight is 590 g/mol. The van der Waals surface area contributed by atoms with Crippen molar-refractivity contribution in [3.05, 3.63) is 93.0 Å². The summed E-state index contributed by atoms with van der Waals surface area (Å²) < 4.78 is 25.4. The maximum Gasteiger partial charge on any atom is 0.256 e. The summed E-state index contributed by atoms with van der Waals surface area (Å²) in [6, 6.07) is 15.7. The first kappa shape index (κ1) is 28.2. The number of methoxy groups -OCH3 is 1. The number of likely N-dealkylation sites (tertiary alicyclic amines) is 1. The molecule has 9 heteroatoms. The van der Waals surface area contributed by atoms with Crippen LogP contribution in [0.1, 0.15) is 42.1 Å². The Morgan fingerprint density at radius 3 is 2.64 bits per heavy atom. The Morgan fingerprint density at radius 2 is 1.88 bits per heavy atom. The first-order chi connectivity index (χ1) is 20.4. The number of aromatic nitrogens is 1. The molecule has 0 bridgehead atoms. The maximum atomic E-state index is 13.6. The lowest BCUT2D eigenvalue weighted by molar-refractivity contribution is 0.0925. The number of amides is 1. The molecular formula is C33H33ClFN3O4. The molecule has 2 aliphatic rings. The van der Waals surface area contributed by atoms with Crippen molar-refractivity contribution < 1.29 is 18.7 Å². The summed E-state index contributed by atoms with van der Waals surface area (Å²) in [5, 5.41) is 4.13. The molecule has 0 radical (unpaired) electrons. The number of H-pyrrole nitrogens is 1. The standard InChI is InChI=1S/C33H33ClFN3O4/c1-3-42-30-15-19(14-29(41-2)31(30)20-4-7-22(35)8-5-20)18-38-13-12-23-26(10-11-28(23)38)37-33(40)25-17-36-27-16-21(34)6-9-24(27)32(25)39/h4-9,14-17,23,26,28H,3,10-13,18H2,1-2H3,(H,36,39)(H,37,40). The smallest absolute Gasteiger partial charge is 0.256 e. The number of rotatable bonds is 8. The normalized spacial score (nSPS) is 20.0. The SMILES string of the molecule is CCOc1cc(CN2CCC3C(NC(=O)c4c[nH]c5cc(Cl)ccc5c4=O)CCC32)cc(OC)c1-c1ccc(F)cc1. The van der Waals surface area contributed by atoms with E-state index in [9.17, 15) is 14.0 Å². The van der Waals surface area contributed by atoms with Crippen molar-refractivity contribution in [2.45, 2.75) is 44.8 Å². The number of carbonyl (C=O) groups is 1. The largest absolute Gasteiger partial charge is 0.496 e. The first-order valence-corrected chi connectivity index (χ1v) is 14.7. The number of fused-ring (bicyclic) bond motifs is 2. The summed E-state index contributed by atoms with van der Waals surface area (Å²) in [6.45, 7) is 4.05. The molecule has 2 N–H and O–H groups in total. The zero-order chi connectivity index (χ0) is 29.4. The third-order valence-corrected chi connectivity index (χ3v) is 8.81. The molecule has 4 aromatic rings. The second-order valence-corrected chi connectivity index (χ2v) is 11.4. The molecule has 1 saturated carbocycles. The molecule has 6 rings (SSSR count). The molecular weight excluding hydrogens is 557 g/mol. The number of aromatic amines is 1. The van der Waals surface area contributed by atoms with Gasteiger partial charge in [-0.3, -0.25) is 14.5 Å². The molecule has 1 aliphatic carbocycles. The summed E-state index contributed by atoms with van der Waals surface area (Å²) in [7, 11) is 1.63. The van der Waals surface area contributed by atoms with Gasteiger partial charge >= 0.3 is 0 Å². The van der Waals surface area contributed by atoms with Gasteiger partial charge in [0.15, 0.2) is 0 Å². The number of pyridine rings is 1. The molecule has 3 unspecified atom stereocenters. The van der Waals surface area contributed by atoms with Gasteiger partial charge in [-0.25, -0.2) is 4.39 Å². The molecule has 2 fully saturated rings. The Balaban J connectivity index is 1.18. The number of hydrogen-bond acceptors (Lipinski definition) is 5. The van der Waals surface area contributed by atoms with Crippen LogP contribution in [-0.2, 0) is 6.54 Å². The average Bonchev–Trinajstić information content (AvgIpc) is 3.56. The number of carbonyl (C=O) groups excluding carboxylic acids is 1. The van der Waals surface area contributed by atoms with Gasteiger partial charge in [-0.1, -0.05) is 23.7 Å². The first-order valence-electron chi connectivity index (χ1n) is 14.3. The van der Waals surface area contributed by atoms with Crippen LogP contribution in [0.2, 0.25) is 5.02 Å². The number of nitrogens with zero attached hydrogens (tertiary/aromatic N) is 1. The highest BCUT2D eigenvalue weighted by molar-refractivity contribution is 6.31. The molecule has 42 heavy (non-hydrogen) atoms. The number of hydrogen-bond donors (Lipinski definition) is 2. The summed E-state index contributed by atoms with van der Waals surface area (Å²) in [6.07, 6.45) is 4.26. The minimum absolute atomic E-state index is 0.00203. The monoisotopic (exact) mass is 589 g/mol. The lowest BCUT2D eigenvalue weighted by Gasteiger charge is -2.25. The van der Waals surface area contributed by atoms with E-state index in [1.165, 1.54) is 18.3 Å². The van der Waals surface area contributed by atoms with E-state index < -0.39 is 0 Å². The fourth-order valence-electron chi connectivity index (χ4n) is 6.66. The van der Waals surface area contributed by atoms with Gasteiger partial charge in [-0.2, -0.15) is 0 Å². The van der Waals surface area contributed by atoms with Crippen molar-refractivity contribution in [2.24, 2.45) is 5.92 Å². The van der Waals surface area contributed by atoms with Crippen molar-refractivity contribution >= 4 is 28.4 Å². The van der Waals surface area contributed by atoms with Gasteiger partial charge in [-0.15, -0.1) is 0 Å². The van der Waals surface area contributed by atoms with Crippen molar-refractivity contribution in [2.75, 3.05) is 20.3 Å². The molecule has 3 atom stereocenters. The topological polar surface area (TPSA) is 83.7 Å². The lowest BCUT2D eigenvalue weighted by atomic mass is 9.99. The van der Waals surface area contributed by atoms with Crippen molar-refractivity contribution in [1.82, 2.24) is 15.2 Å². The Labute approximate surface area is 248 Å². The fourth-order valence-corrected chi connectivity index (χ4v) is 6.83. The molecule has 218 valence electrons. The zero-order valence-electron chi connectivity index (χ0n) is 23.6. The summed E-state index contributed by atoms with van der Waals surface area (Å²) in [5.41, 5.74) is 3.11. The molecule has 1 aromatic heterocycles. The van der Waals surface area contributed by atoms with Crippen LogP contribution in [-0.4, -0.2) is 48.1 Å². The van der Waals surface area contributed by atoms with E-state index in [-0.39, 0.29) is 28.8 Å². The Morgan fingerprint density at radius 1 is 1.10 bits per heavy atom. The van der Waals surface area contributed by atoms with Crippen LogP contribution < -0.4 is 20.2 Å². The van der Waals surface area contributed by atoms with Gasteiger partial charge in [0.2, 0.25) is 5.43 Å². The quantitative estimate of drug-likeness (QED) is 0.256. The molecule has 7 nitrogen and oxygen atoms in total. The van der Waals surface area contributed by atoms with Crippen LogP contribution in [0.15, 0.2) is 65.6 Å². The molecule has 2 heterocycles. The van der Waals surface area contributed by atoms with Crippen LogP contribution in [0.5, 0.6) is 11.5 Å². The van der Waals surface area contributed by atoms with Crippen molar-refractivity contribution in [3.8, 4) is 22.6 Å². The molecule has 1 saturated heterocycles. The minimum atomic E-state index is -0.348. The van der Waals surface area contributed by atoms with E-state index in [0.717, 1.165) is 49.0 Å². The highest BCUT2D eigenvalue weighted by Crippen LogP contribution is 2.42. The number of ether oxygens (including phenoxy) is 2. The third-order valence-electron chi connectivity index (χ3n) is 8.57. The fraction of sp³-hybridized carbons (Fsp3) is 0.333. The van der Waals surface area contributed by atoms with Gasteiger partial charge < -0.3 is 19.8 Å². The van der Waals surface area contributed by atoms with Crippen molar-refractivity contribution in [3.63, 3.8) is 0 Å². The highest BCUT2D eigenvalue weighted by atomic mass is 35.5. The predicted molar refractivity (Wildman–Crippen MR) is 162 cm³/mol. The molecule has 0 spiro atoms. The van der Waals surface area contributed by atoms with E-state index >= 15 is 0 Å². The summed E-state index contributed by atoms with van der Waals surface area (Å²) in [4.78, 5) is 31.7. The van der Waals surface area contributed by atoms with Gasteiger partial charge in [0.1, 0.15) is 22.9 Å². The second-order valence-electron chi connectivity index (χ2n) is 11.0. The third kappa shape index (κ3) is 5.37. The second kappa shape index (κ2) is 11.8. The van der Waals surface area contributed by atoms with E-state index in [0.29, 0.717) is 46.0 Å². The van der Waals surface area contributed by atoms with Crippen LogP contribution in [0.3, 0.4) is 0 Å². The van der Waals surface area contributed by atoms with Crippen LogP contribution in [0, 0.1) is 11.7 Å². The van der Waals surface area contributed by atoms with Gasteiger partial charge in [0.05, 0.1) is 24.8 Å². The van der Waals surface area contributed by atoms with E-state index in [2.05, 4.69) is 15.2 Å². The lowest BCUT2D eigenvalue weighted by Crippen LogP contribution is -2.41. The zero-order valence-corrected chi connectivity index (χ0v) is 24.3. The minimum Gasteiger partial charge on any atom is -0.496 e. The van der Waals surface area contributed by atoms with Crippen LogP contribution in [0.25, 0.3) is 22.0 Å².